The molecule has 0 unspecified atom stereocenters. The number of likely N-dealkylation sites (N-methyl/N-ethyl adjacent to an activating group) is 1. The largest absolute Gasteiger partial charge is 0.492 e. The molecule has 1 aromatic carbocycles. The Morgan fingerprint density at radius 3 is 2.82 bits per heavy atom. The van der Waals surface area contributed by atoms with Crippen LogP contribution in [-0.2, 0) is 6.54 Å². The fourth-order valence-electron chi connectivity index (χ4n) is 1.83. The van der Waals surface area contributed by atoms with Crippen LogP contribution in [0.3, 0.4) is 0 Å². The highest BCUT2D eigenvalue weighted by Crippen LogP contribution is 2.25. The van der Waals surface area contributed by atoms with Crippen molar-refractivity contribution in [3.63, 3.8) is 0 Å². The van der Waals surface area contributed by atoms with E-state index in [1.54, 1.807) is 6.07 Å². The van der Waals surface area contributed by atoms with Gasteiger partial charge in [0.15, 0.2) is 0 Å². The van der Waals surface area contributed by atoms with Crippen LogP contribution in [0, 0.1) is 5.82 Å². The maximum atomic E-state index is 13.2. The first-order valence-corrected chi connectivity index (χ1v) is 6.01. The molecule has 1 aliphatic rings. The highest BCUT2D eigenvalue weighted by molar-refractivity contribution is 5.29. The molecule has 0 spiro atoms. The summed E-state index contributed by atoms with van der Waals surface area (Å²) in [5.41, 5.74) is 6.24. The normalized spacial score (nSPS) is 15.3. The highest BCUT2D eigenvalue weighted by Gasteiger charge is 2.25. The summed E-state index contributed by atoms with van der Waals surface area (Å²) in [6.07, 6.45) is 2.57. The van der Waals surface area contributed by atoms with Crippen LogP contribution in [0.2, 0.25) is 0 Å². The molecule has 17 heavy (non-hydrogen) atoms. The summed E-state index contributed by atoms with van der Waals surface area (Å²) < 4.78 is 18.7. The molecule has 0 aromatic heterocycles. The van der Waals surface area contributed by atoms with Crippen molar-refractivity contribution < 1.29 is 9.13 Å². The zero-order valence-electron chi connectivity index (χ0n) is 10.2. The Balaban J connectivity index is 1.83. The number of benzene rings is 1. The number of hydrogen-bond acceptors (Lipinski definition) is 3. The SMILES string of the molecule is CN(CCOc1cc(F)cc(CN)c1)C1CC1. The lowest BCUT2D eigenvalue weighted by Gasteiger charge is -2.16. The zero-order valence-corrected chi connectivity index (χ0v) is 10.2. The second kappa shape index (κ2) is 5.47. The molecular weight excluding hydrogens is 219 g/mol. The summed E-state index contributed by atoms with van der Waals surface area (Å²) in [5, 5.41) is 0. The number of hydrogen-bond donors (Lipinski definition) is 1. The molecule has 1 aliphatic carbocycles. The molecule has 94 valence electrons. The van der Waals surface area contributed by atoms with Gasteiger partial charge in [-0.2, -0.15) is 0 Å². The van der Waals surface area contributed by atoms with Gasteiger partial charge in [-0.1, -0.05) is 0 Å². The molecule has 2 rings (SSSR count). The standard InChI is InChI=1S/C13H19FN2O/c1-16(12-2-3-12)4-5-17-13-7-10(9-15)6-11(14)8-13/h6-8,12H,2-5,9,15H2,1H3. The number of nitrogens with zero attached hydrogens (tertiary/aromatic N) is 1. The Labute approximate surface area is 101 Å². The number of ether oxygens (including phenoxy) is 1. The summed E-state index contributed by atoms with van der Waals surface area (Å²) in [5.74, 6) is 0.271. The third-order valence-electron chi connectivity index (χ3n) is 3.05. The first-order chi connectivity index (χ1) is 8.19. The molecule has 1 aromatic rings. The van der Waals surface area contributed by atoms with E-state index in [9.17, 15) is 4.39 Å². The number of rotatable bonds is 6. The minimum Gasteiger partial charge on any atom is -0.492 e. The molecule has 0 aliphatic heterocycles. The van der Waals surface area contributed by atoms with Crippen molar-refractivity contribution >= 4 is 0 Å². The molecule has 0 amide bonds. The van der Waals surface area contributed by atoms with Crippen molar-refractivity contribution in [3.05, 3.63) is 29.6 Å². The van der Waals surface area contributed by atoms with E-state index in [1.165, 1.54) is 25.0 Å². The van der Waals surface area contributed by atoms with E-state index in [4.69, 9.17) is 10.5 Å². The van der Waals surface area contributed by atoms with E-state index in [-0.39, 0.29) is 5.82 Å². The van der Waals surface area contributed by atoms with Gasteiger partial charge in [0.1, 0.15) is 18.2 Å². The van der Waals surface area contributed by atoms with Crippen LogP contribution >= 0.6 is 0 Å². The maximum absolute atomic E-state index is 13.2. The number of halogens is 1. The third kappa shape index (κ3) is 3.68. The van der Waals surface area contributed by atoms with Gasteiger partial charge in [-0.05, 0) is 37.6 Å². The van der Waals surface area contributed by atoms with Gasteiger partial charge in [0.05, 0.1) is 0 Å². The van der Waals surface area contributed by atoms with Crippen molar-refractivity contribution in [1.29, 1.82) is 0 Å². The van der Waals surface area contributed by atoms with E-state index in [2.05, 4.69) is 11.9 Å². The Morgan fingerprint density at radius 1 is 1.41 bits per heavy atom. The Hall–Kier alpha value is -1.13. The average molecular weight is 238 g/mol. The van der Waals surface area contributed by atoms with E-state index in [0.717, 1.165) is 18.2 Å². The molecule has 3 nitrogen and oxygen atoms in total. The first-order valence-electron chi connectivity index (χ1n) is 6.01. The molecule has 4 heteroatoms. The summed E-state index contributed by atoms with van der Waals surface area (Å²) >= 11 is 0. The summed E-state index contributed by atoms with van der Waals surface area (Å²) in [4.78, 5) is 2.28. The predicted molar refractivity (Wildman–Crippen MR) is 65.4 cm³/mol. The summed E-state index contributed by atoms with van der Waals surface area (Å²) in [6, 6.07) is 5.35. The van der Waals surface area contributed by atoms with Crippen LogP contribution in [0.5, 0.6) is 5.75 Å². The van der Waals surface area contributed by atoms with E-state index < -0.39 is 0 Å². The van der Waals surface area contributed by atoms with Gasteiger partial charge in [0.25, 0.3) is 0 Å². The van der Waals surface area contributed by atoms with Gasteiger partial charge >= 0.3 is 0 Å². The molecule has 2 N–H and O–H groups in total. The Morgan fingerprint density at radius 2 is 2.18 bits per heavy atom. The molecule has 0 atom stereocenters. The average Bonchev–Trinajstić information content (AvgIpc) is 3.12. The lowest BCUT2D eigenvalue weighted by atomic mass is 10.2. The fraction of sp³-hybridized carbons (Fsp3) is 0.538. The van der Waals surface area contributed by atoms with Crippen LogP contribution in [-0.4, -0.2) is 31.1 Å². The van der Waals surface area contributed by atoms with Gasteiger partial charge in [-0.3, -0.25) is 0 Å². The van der Waals surface area contributed by atoms with Crippen molar-refractivity contribution in [1.82, 2.24) is 4.90 Å². The Kier molecular flexibility index (Phi) is 3.97. The highest BCUT2D eigenvalue weighted by atomic mass is 19.1. The monoisotopic (exact) mass is 238 g/mol. The maximum Gasteiger partial charge on any atom is 0.127 e. The van der Waals surface area contributed by atoms with Gasteiger partial charge in [-0.25, -0.2) is 4.39 Å². The predicted octanol–water partition coefficient (Wildman–Crippen LogP) is 1.76. The van der Waals surface area contributed by atoms with Gasteiger partial charge in [-0.15, -0.1) is 0 Å². The smallest absolute Gasteiger partial charge is 0.127 e. The van der Waals surface area contributed by atoms with Gasteiger partial charge < -0.3 is 15.4 Å². The molecule has 0 radical (unpaired) electrons. The molecule has 0 bridgehead atoms. The van der Waals surface area contributed by atoms with Crippen molar-refractivity contribution in [2.75, 3.05) is 20.2 Å². The van der Waals surface area contributed by atoms with Crippen LogP contribution in [0.25, 0.3) is 0 Å². The van der Waals surface area contributed by atoms with E-state index >= 15 is 0 Å². The second-order valence-electron chi connectivity index (χ2n) is 4.56. The second-order valence-corrected chi connectivity index (χ2v) is 4.56. The molecule has 1 fully saturated rings. The Bertz CT molecular complexity index is 380. The quantitative estimate of drug-likeness (QED) is 0.820. The minimum atomic E-state index is -0.293. The van der Waals surface area contributed by atoms with Crippen LogP contribution in [0.4, 0.5) is 4.39 Å². The van der Waals surface area contributed by atoms with Crippen LogP contribution in [0.15, 0.2) is 18.2 Å². The van der Waals surface area contributed by atoms with E-state index in [0.29, 0.717) is 18.9 Å². The molecule has 1 saturated carbocycles. The minimum absolute atomic E-state index is 0.293. The van der Waals surface area contributed by atoms with Crippen molar-refractivity contribution in [2.24, 2.45) is 5.73 Å². The molecule has 0 saturated heterocycles. The fourth-order valence-corrected chi connectivity index (χ4v) is 1.83. The zero-order chi connectivity index (χ0) is 12.3. The lowest BCUT2D eigenvalue weighted by molar-refractivity contribution is 0.231. The number of nitrogens with two attached hydrogens (primary N) is 1. The van der Waals surface area contributed by atoms with Crippen LogP contribution < -0.4 is 10.5 Å². The van der Waals surface area contributed by atoms with Crippen molar-refractivity contribution in [2.45, 2.75) is 25.4 Å². The summed E-state index contributed by atoms with van der Waals surface area (Å²) in [7, 11) is 2.10. The lowest BCUT2D eigenvalue weighted by Crippen LogP contribution is -2.26. The third-order valence-corrected chi connectivity index (χ3v) is 3.05. The first kappa shape index (κ1) is 12.3. The summed E-state index contributed by atoms with van der Waals surface area (Å²) in [6.45, 7) is 1.79. The van der Waals surface area contributed by atoms with Gasteiger partial charge in [0, 0.05) is 25.2 Å². The molecule has 0 heterocycles. The molecular formula is C13H19FN2O. The van der Waals surface area contributed by atoms with E-state index in [1.807, 2.05) is 0 Å². The van der Waals surface area contributed by atoms with Gasteiger partial charge in [0.2, 0.25) is 0 Å². The topological polar surface area (TPSA) is 38.5 Å². The van der Waals surface area contributed by atoms with Crippen molar-refractivity contribution in [3.8, 4) is 5.75 Å². The van der Waals surface area contributed by atoms with Crippen LogP contribution in [0.1, 0.15) is 18.4 Å².